The first-order valence-corrected chi connectivity index (χ1v) is 9.27. The van der Waals surface area contributed by atoms with Crippen molar-refractivity contribution in [3.63, 3.8) is 0 Å². The highest BCUT2D eigenvalue weighted by Gasteiger charge is 2.25. The Morgan fingerprint density at radius 2 is 2.00 bits per heavy atom. The number of anilines is 1. The van der Waals surface area contributed by atoms with Gasteiger partial charge in [0.1, 0.15) is 23.4 Å². The molecule has 3 rings (SSSR count). The minimum atomic E-state index is -0.748. The molecule has 3 aromatic rings. The summed E-state index contributed by atoms with van der Waals surface area (Å²) >= 11 is 0. The molecule has 0 spiro atoms. The Balaban J connectivity index is 1.79. The number of aromatic amines is 1. The van der Waals surface area contributed by atoms with Crippen LogP contribution in [0.25, 0.3) is 5.69 Å². The van der Waals surface area contributed by atoms with Crippen LogP contribution in [-0.4, -0.2) is 37.8 Å². The molecule has 2 heterocycles. The number of nitrogens with one attached hydrogen (secondary N) is 3. The summed E-state index contributed by atoms with van der Waals surface area (Å²) < 4.78 is 15.5. The largest absolute Gasteiger partial charge is 0.340 e. The van der Waals surface area contributed by atoms with Gasteiger partial charge in [-0.25, -0.2) is 9.07 Å². The van der Waals surface area contributed by atoms with Gasteiger partial charge in [-0.05, 0) is 31.4 Å². The molecule has 0 fully saturated rings. The van der Waals surface area contributed by atoms with Crippen LogP contribution in [0.15, 0.2) is 42.7 Å². The fraction of sp³-hybridized carbons (Fsp3) is 0.300. The third-order valence-electron chi connectivity index (χ3n) is 4.42. The first-order chi connectivity index (χ1) is 13.9. The summed E-state index contributed by atoms with van der Waals surface area (Å²) in [6.07, 6.45) is 3.34. The zero-order valence-electron chi connectivity index (χ0n) is 16.4. The van der Waals surface area contributed by atoms with Gasteiger partial charge < -0.3 is 10.6 Å². The normalized spacial score (nSPS) is 12.0. The molecule has 0 unspecified atom stereocenters. The average Bonchev–Trinajstić information content (AvgIpc) is 3.31. The third kappa shape index (κ3) is 4.68. The van der Waals surface area contributed by atoms with Gasteiger partial charge in [-0.2, -0.15) is 10.2 Å². The van der Waals surface area contributed by atoms with Gasteiger partial charge in [0.15, 0.2) is 0 Å². The molecule has 0 aliphatic carbocycles. The van der Waals surface area contributed by atoms with Crippen molar-refractivity contribution in [2.24, 2.45) is 5.92 Å². The Bertz CT molecular complexity index is 996. The van der Waals surface area contributed by atoms with Crippen molar-refractivity contribution in [3.05, 3.63) is 59.8 Å². The van der Waals surface area contributed by atoms with E-state index in [1.807, 2.05) is 13.8 Å². The molecule has 9 heteroatoms. The lowest BCUT2D eigenvalue weighted by atomic mass is 10.0. The monoisotopic (exact) mass is 398 g/mol. The zero-order valence-corrected chi connectivity index (χ0v) is 16.4. The van der Waals surface area contributed by atoms with Crippen LogP contribution in [0.2, 0.25) is 0 Å². The summed E-state index contributed by atoms with van der Waals surface area (Å²) in [7, 11) is 0. The van der Waals surface area contributed by atoms with Crippen LogP contribution in [0.3, 0.4) is 0 Å². The molecule has 1 aromatic carbocycles. The first kappa shape index (κ1) is 20.2. The maximum atomic E-state index is 14.1. The smallest absolute Gasteiger partial charge is 0.255 e. The fourth-order valence-corrected chi connectivity index (χ4v) is 2.98. The van der Waals surface area contributed by atoms with Crippen LogP contribution >= 0.6 is 0 Å². The molecule has 0 bridgehead atoms. The lowest BCUT2D eigenvalue weighted by Crippen LogP contribution is -2.44. The number of rotatable bonds is 7. The van der Waals surface area contributed by atoms with Crippen molar-refractivity contribution in [1.29, 1.82) is 0 Å². The molecule has 1 atom stereocenters. The molecule has 2 amide bonds. The lowest BCUT2D eigenvalue weighted by molar-refractivity contribution is -0.118. The van der Waals surface area contributed by atoms with Crippen LogP contribution in [0, 0.1) is 18.7 Å². The number of carbonyl (C=O) groups is 2. The summed E-state index contributed by atoms with van der Waals surface area (Å²) in [6, 6.07) is 7.06. The SMILES string of the molecule is Cc1c(C(=O)N[C@@H](CC(C)C)C(=O)Nc2ccn[nH]2)cnn1-c1ccccc1F. The van der Waals surface area contributed by atoms with Gasteiger partial charge in [0.25, 0.3) is 5.91 Å². The van der Waals surface area contributed by atoms with E-state index < -0.39 is 17.8 Å². The van der Waals surface area contributed by atoms with E-state index in [4.69, 9.17) is 0 Å². The summed E-state index contributed by atoms with van der Waals surface area (Å²) in [5, 5.41) is 16.0. The molecular weight excluding hydrogens is 375 g/mol. The lowest BCUT2D eigenvalue weighted by Gasteiger charge is -2.19. The summed E-state index contributed by atoms with van der Waals surface area (Å²) in [4.78, 5) is 25.5. The van der Waals surface area contributed by atoms with Gasteiger partial charge in [0, 0.05) is 6.07 Å². The number of halogens is 1. The van der Waals surface area contributed by atoms with Crippen LogP contribution < -0.4 is 10.6 Å². The number of carbonyl (C=O) groups excluding carboxylic acids is 2. The number of amides is 2. The van der Waals surface area contributed by atoms with E-state index in [-0.39, 0.29) is 23.1 Å². The van der Waals surface area contributed by atoms with E-state index >= 15 is 0 Å². The predicted molar refractivity (Wildman–Crippen MR) is 106 cm³/mol. The predicted octanol–water partition coefficient (Wildman–Crippen LogP) is 2.83. The summed E-state index contributed by atoms with van der Waals surface area (Å²) in [5.41, 5.74) is 1.00. The average molecular weight is 398 g/mol. The van der Waals surface area contributed by atoms with E-state index in [2.05, 4.69) is 25.9 Å². The van der Waals surface area contributed by atoms with E-state index in [0.29, 0.717) is 17.9 Å². The quantitative estimate of drug-likeness (QED) is 0.569. The fourth-order valence-electron chi connectivity index (χ4n) is 2.98. The molecule has 3 N–H and O–H groups in total. The molecule has 29 heavy (non-hydrogen) atoms. The number of H-pyrrole nitrogens is 1. The van der Waals surface area contributed by atoms with Crippen molar-refractivity contribution in [1.82, 2.24) is 25.3 Å². The zero-order chi connectivity index (χ0) is 21.0. The van der Waals surface area contributed by atoms with Crippen LogP contribution in [-0.2, 0) is 4.79 Å². The number of aromatic nitrogens is 4. The summed E-state index contributed by atoms with van der Waals surface area (Å²) in [6.45, 7) is 5.60. The van der Waals surface area contributed by atoms with Crippen molar-refractivity contribution in [2.45, 2.75) is 33.2 Å². The maximum absolute atomic E-state index is 14.1. The second kappa shape index (κ2) is 8.68. The van der Waals surface area contributed by atoms with Gasteiger partial charge in [-0.1, -0.05) is 26.0 Å². The standard InChI is InChI=1S/C20H23FN6O2/c1-12(2)10-16(20(29)25-18-8-9-22-26-18)24-19(28)14-11-23-27(13(14)3)17-7-5-4-6-15(17)21/h4-9,11-12,16H,10H2,1-3H3,(H,24,28)(H2,22,25,26,29)/t16-/m0/s1. The molecule has 8 nitrogen and oxygen atoms in total. The highest BCUT2D eigenvalue weighted by molar-refractivity contribution is 6.01. The molecule has 0 radical (unpaired) electrons. The van der Waals surface area contributed by atoms with Crippen molar-refractivity contribution in [2.75, 3.05) is 5.32 Å². The number of para-hydroxylation sites is 1. The Hall–Kier alpha value is -3.49. The number of nitrogens with zero attached hydrogens (tertiary/aromatic N) is 3. The number of hydrogen-bond acceptors (Lipinski definition) is 4. The van der Waals surface area contributed by atoms with Gasteiger partial charge in [0.05, 0.1) is 23.7 Å². The Kier molecular flexibility index (Phi) is 6.06. The molecule has 0 saturated carbocycles. The molecule has 152 valence electrons. The van der Waals surface area contributed by atoms with Gasteiger partial charge >= 0.3 is 0 Å². The van der Waals surface area contributed by atoms with E-state index in [1.165, 1.54) is 23.1 Å². The van der Waals surface area contributed by atoms with E-state index in [1.54, 1.807) is 31.2 Å². The molecular formula is C20H23FN6O2. The Labute approximate surface area is 167 Å². The van der Waals surface area contributed by atoms with E-state index in [0.717, 1.165) is 0 Å². The van der Waals surface area contributed by atoms with Crippen LogP contribution in [0.1, 0.15) is 36.3 Å². The molecule has 0 aliphatic rings. The molecule has 2 aromatic heterocycles. The topological polar surface area (TPSA) is 105 Å². The minimum Gasteiger partial charge on any atom is -0.340 e. The Morgan fingerprint density at radius 1 is 1.24 bits per heavy atom. The number of hydrogen-bond donors (Lipinski definition) is 3. The minimum absolute atomic E-state index is 0.176. The molecule has 0 aliphatic heterocycles. The van der Waals surface area contributed by atoms with Crippen LogP contribution in [0.4, 0.5) is 10.2 Å². The van der Waals surface area contributed by atoms with E-state index in [9.17, 15) is 14.0 Å². The van der Waals surface area contributed by atoms with Crippen molar-refractivity contribution in [3.8, 4) is 5.69 Å². The maximum Gasteiger partial charge on any atom is 0.255 e. The van der Waals surface area contributed by atoms with Crippen LogP contribution in [0.5, 0.6) is 0 Å². The summed E-state index contributed by atoms with van der Waals surface area (Å²) in [5.74, 6) is -0.621. The number of benzene rings is 1. The van der Waals surface area contributed by atoms with Gasteiger partial charge in [-0.15, -0.1) is 0 Å². The first-order valence-electron chi connectivity index (χ1n) is 9.27. The van der Waals surface area contributed by atoms with Gasteiger partial charge in [0.2, 0.25) is 5.91 Å². The highest BCUT2D eigenvalue weighted by atomic mass is 19.1. The third-order valence-corrected chi connectivity index (χ3v) is 4.42. The second-order valence-electron chi connectivity index (χ2n) is 7.12. The Morgan fingerprint density at radius 3 is 2.66 bits per heavy atom. The highest BCUT2D eigenvalue weighted by Crippen LogP contribution is 2.17. The van der Waals surface area contributed by atoms with Crippen molar-refractivity contribution < 1.29 is 14.0 Å². The second-order valence-corrected chi connectivity index (χ2v) is 7.12. The molecule has 0 saturated heterocycles. The van der Waals surface area contributed by atoms with Gasteiger partial charge in [-0.3, -0.25) is 14.7 Å². The van der Waals surface area contributed by atoms with Crippen molar-refractivity contribution >= 4 is 17.6 Å².